The third-order valence-corrected chi connectivity index (χ3v) is 4.25. The average molecular weight is 409 g/mol. The number of nitro groups is 1. The minimum Gasteiger partial charge on any atom is -0.481 e. The largest absolute Gasteiger partial charge is 0.481 e. The fourth-order valence-electron chi connectivity index (χ4n) is 2.76. The van der Waals surface area contributed by atoms with Gasteiger partial charge >= 0.3 is 5.97 Å². The van der Waals surface area contributed by atoms with Gasteiger partial charge in [-0.25, -0.2) is 9.67 Å². The summed E-state index contributed by atoms with van der Waals surface area (Å²) in [5.41, 5.74) is 1.19. The van der Waals surface area contributed by atoms with Crippen molar-refractivity contribution in [2.45, 2.75) is 19.3 Å². The molecular weight excluding hydrogens is 390 g/mol. The standard InChI is InChI=1S/C20H19N5O5/c26-17(27)8-4-5-13-21-20(28)18-22-19(14-6-2-1-3-7-14)24(23-18)15-9-11-16(12-10-15)25(29)30/h1-3,6-7,9-12H,4-5,8,13H2,(H,21,28)(H,26,27). The van der Waals surface area contributed by atoms with E-state index in [0.29, 0.717) is 30.9 Å². The van der Waals surface area contributed by atoms with Gasteiger partial charge in [0.05, 0.1) is 10.6 Å². The smallest absolute Gasteiger partial charge is 0.303 e. The van der Waals surface area contributed by atoms with Crippen molar-refractivity contribution in [3.63, 3.8) is 0 Å². The van der Waals surface area contributed by atoms with Crippen LogP contribution in [0.1, 0.15) is 29.9 Å². The van der Waals surface area contributed by atoms with Gasteiger partial charge in [-0.15, -0.1) is 5.10 Å². The van der Waals surface area contributed by atoms with Crippen molar-refractivity contribution in [3.8, 4) is 17.1 Å². The molecule has 30 heavy (non-hydrogen) atoms. The van der Waals surface area contributed by atoms with Crippen LogP contribution in [0.3, 0.4) is 0 Å². The van der Waals surface area contributed by atoms with E-state index in [2.05, 4.69) is 15.4 Å². The van der Waals surface area contributed by atoms with Crippen molar-refractivity contribution in [2.75, 3.05) is 6.54 Å². The predicted octanol–water partition coefficient (Wildman–Crippen LogP) is 2.83. The summed E-state index contributed by atoms with van der Waals surface area (Å²) in [5, 5.41) is 26.5. The molecule has 0 saturated heterocycles. The highest BCUT2D eigenvalue weighted by Crippen LogP contribution is 2.22. The summed E-state index contributed by atoms with van der Waals surface area (Å²) >= 11 is 0. The van der Waals surface area contributed by atoms with Crippen molar-refractivity contribution in [1.29, 1.82) is 0 Å². The number of carboxylic acids is 1. The summed E-state index contributed by atoms with van der Waals surface area (Å²) in [7, 11) is 0. The van der Waals surface area contributed by atoms with E-state index in [-0.39, 0.29) is 17.9 Å². The first-order valence-electron chi connectivity index (χ1n) is 9.23. The maximum Gasteiger partial charge on any atom is 0.303 e. The predicted molar refractivity (Wildman–Crippen MR) is 107 cm³/mol. The Morgan fingerprint density at radius 3 is 2.40 bits per heavy atom. The molecule has 0 bridgehead atoms. The van der Waals surface area contributed by atoms with E-state index < -0.39 is 16.8 Å². The van der Waals surface area contributed by atoms with Crippen LogP contribution in [-0.2, 0) is 4.79 Å². The summed E-state index contributed by atoms with van der Waals surface area (Å²) in [6.45, 7) is 0.304. The summed E-state index contributed by atoms with van der Waals surface area (Å²) in [6, 6.07) is 14.9. The molecule has 1 amide bonds. The molecule has 0 spiro atoms. The van der Waals surface area contributed by atoms with Gasteiger partial charge in [-0.3, -0.25) is 19.7 Å². The van der Waals surface area contributed by atoms with Crippen LogP contribution in [0.4, 0.5) is 5.69 Å². The van der Waals surface area contributed by atoms with E-state index in [1.165, 1.54) is 28.9 Å². The van der Waals surface area contributed by atoms with Crippen LogP contribution < -0.4 is 5.32 Å². The molecule has 0 saturated carbocycles. The average Bonchev–Trinajstić information content (AvgIpc) is 3.19. The number of aromatic nitrogens is 3. The zero-order valence-corrected chi connectivity index (χ0v) is 15.9. The Bertz CT molecular complexity index is 1050. The number of nitrogens with one attached hydrogen (secondary N) is 1. The lowest BCUT2D eigenvalue weighted by atomic mass is 10.2. The fraction of sp³-hybridized carbons (Fsp3) is 0.200. The molecule has 0 aliphatic carbocycles. The number of rotatable bonds is 9. The number of aliphatic carboxylic acids is 1. The number of carboxylic acid groups (broad SMARTS) is 1. The molecule has 10 heteroatoms. The monoisotopic (exact) mass is 409 g/mol. The van der Waals surface area contributed by atoms with Crippen molar-refractivity contribution in [2.24, 2.45) is 0 Å². The van der Waals surface area contributed by atoms with E-state index in [1.54, 1.807) is 0 Å². The number of hydrogen-bond donors (Lipinski definition) is 2. The van der Waals surface area contributed by atoms with E-state index >= 15 is 0 Å². The van der Waals surface area contributed by atoms with Gasteiger partial charge < -0.3 is 10.4 Å². The highest BCUT2D eigenvalue weighted by molar-refractivity contribution is 5.91. The third kappa shape index (κ3) is 5.04. The number of benzene rings is 2. The second kappa shape index (κ2) is 9.41. The van der Waals surface area contributed by atoms with Crippen LogP contribution in [-0.4, -0.2) is 43.2 Å². The van der Waals surface area contributed by atoms with Gasteiger partial charge in [0, 0.05) is 30.7 Å². The molecule has 0 unspecified atom stereocenters. The van der Waals surface area contributed by atoms with Crippen LogP contribution in [0, 0.1) is 10.1 Å². The van der Waals surface area contributed by atoms with Gasteiger partial charge in [-0.1, -0.05) is 30.3 Å². The number of amides is 1. The highest BCUT2D eigenvalue weighted by Gasteiger charge is 2.19. The van der Waals surface area contributed by atoms with E-state index in [0.717, 1.165) is 5.56 Å². The van der Waals surface area contributed by atoms with Crippen molar-refractivity contribution in [3.05, 3.63) is 70.5 Å². The Morgan fingerprint density at radius 2 is 1.77 bits per heavy atom. The zero-order chi connectivity index (χ0) is 21.5. The van der Waals surface area contributed by atoms with Crippen molar-refractivity contribution < 1.29 is 19.6 Å². The second-order valence-electron chi connectivity index (χ2n) is 6.42. The molecule has 2 N–H and O–H groups in total. The van der Waals surface area contributed by atoms with Gasteiger partial charge in [0.2, 0.25) is 5.82 Å². The second-order valence-corrected chi connectivity index (χ2v) is 6.42. The quantitative estimate of drug-likeness (QED) is 0.314. The molecule has 1 heterocycles. The summed E-state index contributed by atoms with van der Waals surface area (Å²) in [6.07, 6.45) is 1.02. The van der Waals surface area contributed by atoms with Crippen LogP contribution >= 0.6 is 0 Å². The first-order chi connectivity index (χ1) is 14.5. The summed E-state index contributed by atoms with van der Waals surface area (Å²) in [5.74, 6) is -0.994. The van der Waals surface area contributed by atoms with Gasteiger partial charge in [-0.2, -0.15) is 0 Å². The maximum atomic E-state index is 12.5. The molecule has 1 aromatic heterocycles. The molecule has 0 aliphatic heterocycles. The first-order valence-corrected chi connectivity index (χ1v) is 9.23. The number of nitrogens with zero attached hydrogens (tertiary/aromatic N) is 4. The Labute approximate surface area is 171 Å². The molecule has 0 fully saturated rings. The Kier molecular flexibility index (Phi) is 6.48. The molecule has 0 aliphatic rings. The molecular formula is C20H19N5O5. The van der Waals surface area contributed by atoms with E-state index in [1.807, 2.05) is 30.3 Å². The van der Waals surface area contributed by atoms with Crippen molar-refractivity contribution in [1.82, 2.24) is 20.1 Å². The molecule has 2 aromatic carbocycles. The fourth-order valence-corrected chi connectivity index (χ4v) is 2.76. The lowest BCUT2D eigenvalue weighted by Gasteiger charge is -2.05. The Balaban J connectivity index is 1.84. The highest BCUT2D eigenvalue weighted by atomic mass is 16.6. The minimum atomic E-state index is -0.877. The van der Waals surface area contributed by atoms with Gasteiger partial charge in [0.15, 0.2) is 5.82 Å². The zero-order valence-electron chi connectivity index (χ0n) is 15.9. The lowest BCUT2D eigenvalue weighted by molar-refractivity contribution is -0.384. The normalized spacial score (nSPS) is 10.5. The minimum absolute atomic E-state index is 0.0427. The molecule has 3 rings (SSSR count). The number of nitro benzene ring substituents is 1. The van der Waals surface area contributed by atoms with E-state index in [4.69, 9.17) is 5.11 Å². The van der Waals surface area contributed by atoms with Gasteiger partial charge in [0.1, 0.15) is 0 Å². The molecule has 154 valence electrons. The number of hydrogen-bond acceptors (Lipinski definition) is 6. The van der Waals surface area contributed by atoms with Crippen LogP contribution in [0.25, 0.3) is 17.1 Å². The molecule has 0 radical (unpaired) electrons. The SMILES string of the molecule is O=C(O)CCCCNC(=O)c1nc(-c2ccccc2)n(-c2ccc([N+](=O)[O-])cc2)n1. The lowest BCUT2D eigenvalue weighted by Crippen LogP contribution is -2.25. The van der Waals surface area contributed by atoms with Gasteiger partial charge in [-0.05, 0) is 25.0 Å². The molecule has 3 aromatic rings. The summed E-state index contributed by atoms with van der Waals surface area (Å²) < 4.78 is 1.46. The number of non-ortho nitro benzene ring substituents is 1. The molecule has 0 atom stereocenters. The van der Waals surface area contributed by atoms with Crippen molar-refractivity contribution >= 4 is 17.6 Å². The topological polar surface area (TPSA) is 140 Å². The summed E-state index contributed by atoms with van der Waals surface area (Å²) in [4.78, 5) is 37.8. The number of carbonyl (C=O) groups excluding carboxylic acids is 1. The van der Waals surface area contributed by atoms with E-state index in [9.17, 15) is 19.7 Å². The number of unbranched alkanes of at least 4 members (excludes halogenated alkanes) is 1. The molecule has 10 nitrogen and oxygen atoms in total. The Morgan fingerprint density at radius 1 is 1.07 bits per heavy atom. The van der Waals surface area contributed by atoms with Gasteiger partial charge in [0.25, 0.3) is 11.6 Å². The first kappa shape index (κ1) is 20.6. The van der Waals surface area contributed by atoms with Crippen LogP contribution in [0.5, 0.6) is 0 Å². The third-order valence-electron chi connectivity index (χ3n) is 4.25. The van der Waals surface area contributed by atoms with Crippen LogP contribution in [0.2, 0.25) is 0 Å². The Hall–Kier alpha value is -4.08. The van der Waals surface area contributed by atoms with Crippen LogP contribution in [0.15, 0.2) is 54.6 Å². The maximum absolute atomic E-state index is 12.5. The number of carbonyl (C=O) groups is 2.